The third-order valence-electron chi connectivity index (χ3n) is 5.89. The Kier molecular flexibility index (Phi) is 4.69. The average Bonchev–Trinajstić information content (AvgIpc) is 3.61. The van der Waals surface area contributed by atoms with Crippen molar-refractivity contribution in [3.05, 3.63) is 89.7 Å². The van der Waals surface area contributed by atoms with Crippen molar-refractivity contribution in [2.24, 2.45) is 0 Å². The molecule has 0 aromatic carbocycles. The highest BCUT2D eigenvalue weighted by Crippen LogP contribution is 2.37. The van der Waals surface area contributed by atoms with Crippen LogP contribution in [0.5, 0.6) is 0 Å². The lowest BCUT2D eigenvalue weighted by Crippen LogP contribution is -2.40. The van der Waals surface area contributed by atoms with Crippen LogP contribution in [0.2, 0.25) is 0 Å². The van der Waals surface area contributed by atoms with E-state index in [-0.39, 0.29) is 29.4 Å². The maximum absolute atomic E-state index is 13.6. The third kappa shape index (κ3) is 3.54. The second-order valence-electron chi connectivity index (χ2n) is 7.98. The first-order chi connectivity index (χ1) is 16.9. The Morgan fingerprint density at radius 3 is 2.83 bits per heavy atom. The number of hydrogen-bond acceptors (Lipinski definition) is 6. The summed E-state index contributed by atoms with van der Waals surface area (Å²) in [6.45, 7) is 0.276. The molecule has 12 heteroatoms. The molecule has 1 amide bonds. The lowest BCUT2D eigenvalue weighted by atomic mass is 9.99. The first-order valence-electron chi connectivity index (χ1n) is 10.7. The van der Waals surface area contributed by atoms with Crippen LogP contribution in [0.4, 0.5) is 13.2 Å². The quantitative estimate of drug-likeness (QED) is 0.421. The van der Waals surface area contributed by atoms with E-state index < -0.39 is 23.7 Å². The number of oxazole rings is 1. The number of carbonyl (C=O) groups excluding carboxylic acids is 1. The maximum Gasteiger partial charge on any atom is 0.418 e. The molecule has 5 aromatic rings. The zero-order chi connectivity index (χ0) is 24.2. The monoisotopic (exact) mass is 479 g/mol. The van der Waals surface area contributed by atoms with Gasteiger partial charge in [0.1, 0.15) is 11.7 Å². The molecule has 6 rings (SSSR count). The standard InChI is InChI=1S/C23H16F3N7O2/c24-23(25,26)13-4-3-8-33-17(13)10-16(31-33)20-19-14(29-12-30-19)6-9-32(20)22(34)18-11-28-21(35-18)15-5-1-2-7-27-15/h1-5,7-8,10-12,20H,6,9H2,(H,29,30). The lowest BCUT2D eigenvalue weighted by Gasteiger charge is -2.33. The van der Waals surface area contributed by atoms with Crippen molar-refractivity contribution in [3.63, 3.8) is 0 Å². The second-order valence-corrected chi connectivity index (χ2v) is 7.98. The summed E-state index contributed by atoms with van der Waals surface area (Å²) >= 11 is 0. The number of nitrogens with one attached hydrogen (secondary N) is 1. The highest BCUT2D eigenvalue weighted by molar-refractivity contribution is 5.92. The van der Waals surface area contributed by atoms with Gasteiger partial charge in [0.2, 0.25) is 11.7 Å². The summed E-state index contributed by atoms with van der Waals surface area (Å²) in [5.74, 6) is -0.314. The number of hydrogen-bond donors (Lipinski definition) is 1. The van der Waals surface area contributed by atoms with Crippen LogP contribution in [-0.4, -0.2) is 46.9 Å². The number of fused-ring (bicyclic) bond motifs is 2. The Bertz CT molecular complexity index is 1540. The average molecular weight is 479 g/mol. The molecule has 6 heterocycles. The Morgan fingerprint density at radius 1 is 1.14 bits per heavy atom. The number of aromatic nitrogens is 6. The van der Waals surface area contributed by atoms with Crippen molar-refractivity contribution in [1.82, 2.24) is 34.4 Å². The summed E-state index contributed by atoms with van der Waals surface area (Å²) in [6, 6.07) is 8.03. The van der Waals surface area contributed by atoms with Crippen LogP contribution >= 0.6 is 0 Å². The molecule has 1 aliphatic heterocycles. The van der Waals surface area contributed by atoms with Crippen molar-refractivity contribution in [2.75, 3.05) is 6.54 Å². The molecule has 1 atom stereocenters. The van der Waals surface area contributed by atoms with E-state index in [1.165, 1.54) is 35.8 Å². The number of rotatable bonds is 3. The largest absolute Gasteiger partial charge is 0.429 e. The minimum atomic E-state index is -4.55. The normalized spacial score (nSPS) is 16.0. The van der Waals surface area contributed by atoms with Gasteiger partial charge in [-0.1, -0.05) is 6.07 Å². The van der Waals surface area contributed by atoms with Gasteiger partial charge in [-0.2, -0.15) is 18.3 Å². The summed E-state index contributed by atoms with van der Waals surface area (Å²) in [5.41, 5.74) is 1.11. The van der Waals surface area contributed by atoms with Gasteiger partial charge < -0.3 is 14.3 Å². The van der Waals surface area contributed by atoms with Gasteiger partial charge in [0, 0.05) is 31.1 Å². The number of halogens is 3. The molecule has 1 unspecified atom stereocenters. The number of nitrogens with zero attached hydrogens (tertiary/aromatic N) is 6. The van der Waals surface area contributed by atoms with Crippen LogP contribution in [0.25, 0.3) is 17.1 Å². The molecule has 176 valence electrons. The Balaban J connectivity index is 1.42. The van der Waals surface area contributed by atoms with E-state index in [0.717, 1.165) is 16.3 Å². The highest BCUT2D eigenvalue weighted by Gasteiger charge is 2.39. The van der Waals surface area contributed by atoms with E-state index in [2.05, 4.69) is 25.0 Å². The van der Waals surface area contributed by atoms with Crippen molar-refractivity contribution in [1.29, 1.82) is 0 Å². The molecule has 1 N–H and O–H groups in total. The van der Waals surface area contributed by atoms with E-state index in [1.807, 2.05) is 0 Å². The van der Waals surface area contributed by atoms with Crippen LogP contribution in [0.15, 0.2) is 65.7 Å². The zero-order valence-electron chi connectivity index (χ0n) is 17.9. The topological polar surface area (TPSA) is 105 Å². The van der Waals surface area contributed by atoms with Gasteiger partial charge >= 0.3 is 6.18 Å². The number of alkyl halides is 3. The predicted octanol–water partition coefficient (Wildman–Crippen LogP) is 3.91. The fraction of sp³-hybridized carbons (Fsp3) is 0.174. The molecule has 0 aliphatic carbocycles. The Labute approximate surface area is 195 Å². The molecule has 0 saturated carbocycles. The number of pyridine rings is 2. The van der Waals surface area contributed by atoms with Crippen LogP contribution < -0.4 is 0 Å². The molecular formula is C23H16F3N7O2. The van der Waals surface area contributed by atoms with Crippen molar-refractivity contribution in [2.45, 2.75) is 18.6 Å². The molecule has 0 radical (unpaired) electrons. The van der Waals surface area contributed by atoms with Gasteiger partial charge in [-0.05, 0) is 30.3 Å². The first-order valence-corrected chi connectivity index (χ1v) is 10.7. The van der Waals surface area contributed by atoms with Crippen molar-refractivity contribution >= 4 is 11.4 Å². The predicted molar refractivity (Wildman–Crippen MR) is 115 cm³/mol. The number of carbonyl (C=O) groups is 1. The van der Waals surface area contributed by atoms with Crippen LogP contribution in [0.1, 0.15) is 39.2 Å². The molecule has 5 aromatic heterocycles. The van der Waals surface area contributed by atoms with E-state index in [1.54, 1.807) is 24.4 Å². The maximum atomic E-state index is 13.6. The second kappa shape index (κ2) is 7.79. The summed E-state index contributed by atoms with van der Waals surface area (Å²) in [4.78, 5) is 30.7. The van der Waals surface area contributed by atoms with Gasteiger partial charge in [-0.15, -0.1) is 0 Å². The van der Waals surface area contributed by atoms with E-state index in [0.29, 0.717) is 17.8 Å². The summed E-state index contributed by atoms with van der Waals surface area (Å²) in [6.07, 6.45) is 1.76. The van der Waals surface area contributed by atoms with Crippen molar-refractivity contribution < 1.29 is 22.4 Å². The number of imidazole rings is 1. The molecule has 0 spiro atoms. The molecule has 35 heavy (non-hydrogen) atoms. The van der Waals surface area contributed by atoms with Gasteiger partial charge in [0.05, 0.1) is 35.0 Å². The molecule has 9 nitrogen and oxygen atoms in total. The summed E-state index contributed by atoms with van der Waals surface area (Å²) in [5, 5.41) is 4.38. The lowest BCUT2D eigenvalue weighted by molar-refractivity contribution is -0.136. The summed E-state index contributed by atoms with van der Waals surface area (Å²) < 4.78 is 47.6. The minimum Gasteiger partial charge on any atom is -0.429 e. The molecule has 0 saturated heterocycles. The van der Waals surface area contributed by atoms with Gasteiger partial charge in [-0.3, -0.25) is 9.78 Å². The van der Waals surface area contributed by atoms with Gasteiger partial charge in [0.25, 0.3) is 5.91 Å². The SMILES string of the molecule is O=C(c1cnc(-c2ccccn2)o1)N1CCc2[nH]cnc2C1c1cc2c(C(F)(F)F)cccn2n1. The van der Waals surface area contributed by atoms with E-state index in [4.69, 9.17) is 4.42 Å². The summed E-state index contributed by atoms with van der Waals surface area (Å²) in [7, 11) is 0. The number of amides is 1. The fourth-order valence-corrected chi connectivity index (χ4v) is 4.32. The molecule has 0 fully saturated rings. The van der Waals surface area contributed by atoms with E-state index >= 15 is 0 Å². The number of aromatic amines is 1. The Hall–Kier alpha value is -4.48. The zero-order valence-corrected chi connectivity index (χ0v) is 17.9. The van der Waals surface area contributed by atoms with E-state index in [9.17, 15) is 18.0 Å². The van der Waals surface area contributed by atoms with Gasteiger partial charge in [-0.25, -0.2) is 14.5 Å². The minimum absolute atomic E-state index is 0.0191. The third-order valence-corrected chi connectivity index (χ3v) is 5.89. The molecular weight excluding hydrogens is 463 g/mol. The van der Waals surface area contributed by atoms with Crippen molar-refractivity contribution in [3.8, 4) is 11.6 Å². The first kappa shape index (κ1) is 21.1. The van der Waals surface area contributed by atoms with Crippen LogP contribution in [0, 0.1) is 0 Å². The number of H-pyrrole nitrogens is 1. The Morgan fingerprint density at radius 2 is 2.03 bits per heavy atom. The highest BCUT2D eigenvalue weighted by atomic mass is 19.4. The fourth-order valence-electron chi connectivity index (χ4n) is 4.32. The molecule has 0 bridgehead atoms. The smallest absolute Gasteiger partial charge is 0.418 e. The molecule has 1 aliphatic rings. The van der Waals surface area contributed by atoms with Gasteiger partial charge in [0.15, 0.2) is 0 Å². The van der Waals surface area contributed by atoms with Crippen LogP contribution in [0.3, 0.4) is 0 Å². The van der Waals surface area contributed by atoms with Crippen LogP contribution in [-0.2, 0) is 12.6 Å².